The Labute approximate surface area is 166 Å². The summed E-state index contributed by atoms with van der Waals surface area (Å²) < 4.78 is 42.1. The molecular formula is C21H20F2N4O2. The summed E-state index contributed by atoms with van der Waals surface area (Å²) in [5, 5.41) is 10.00. The molecule has 1 aromatic carbocycles. The van der Waals surface area contributed by atoms with Gasteiger partial charge in [0.2, 0.25) is 0 Å². The van der Waals surface area contributed by atoms with Gasteiger partial charge in [0, 0.05) is 25.0 Å². The third-order valence-corrected chi connectivity index (χ3v) is 6.09. The van der Waals surface area contributed by atoms with Crippen LogP contribution in [0.2, 0.25) is 0 Å². The number of alkyl halides is 2. The van der Waals surface area contributed by atoms with E-state index in [0.717, 1.165) is 12.8 Å². The first-order chi connectivity index (χ1) is 14.0. The first-order valence-electron chi connectivity index (χ1n) is 9.71. The summed E-state index contributed by atoms with van der Waals surface area (Å²) in [7, 11) is 1.66. The highest BCUT2D eigenvalue weighted by molar-refractivity contribution is 6.03. The van der Waals surface area contributed by atoms with E-state index in [4.69, 9.17) is 14.5 Å². The van der Waals surface area contributed by atoms with Gasteiger partial charge in [-0.1, -0.05) is 0 Å². The first kappa shape index (κ1) is 18.4. The lowest BCUT2D eigenvalue weighted by atomic mass is 9.81. The second kappa shape index (κ2) is 6.71. The third kappa shape index (κ3) is 2.88. The topological polar surface area (TPSA) is 73.0 Å². The molecule has 1 saturated heterocycles. The molecule has 8 heteroatoms. The predicted molar refractivity (Wildman–Crippen MR) is 102 cm³/mol. The molecule has 3 aromatic rings. The van der Waals surface area contributed by atoms with Gasteiger partial charge in [-0.05, 0) is 37.5 Å². The average molecular weight is 398 g/mol. The molecule has 29 heavy (non-hydrogen) atoms. The van der Waals surface area contributed by atoms with Crippen molar-refractivity contribution in [3.63, 3.8) is 0 Å². The van der Waals surface area contributed by atoms with E-state index in [1.165, 1.54) is 0 Å². The minimum Gasteiger partial charge on any atom is -0.381 e. The fourth-order valence-electron chi connectivity index (χ4n) is 4.47. The van der Waals surface area contributed by atoms with Crippen molar-refractivity contribution in [2.75, 3.05) is 20.3 Å². The van der Waals surface area contributed by atoms with Gasteiger partial charge in [0.25, 0.3) is 5.92 Å². The lowest BCUT2D eigenvalue weighted by Crippen LogP contribution is -2.42. The zero-order chi connectivity index (χ0) is 20.2. The second-order valence-corrected chi connectivity index (χ2v) is 7.82. The molecular weight excluding hydrogens is 378 g/mol. The summed E-state index contributed by atoms with van der Waals surface area (Å²) >= 11 is 0. The van der Waals surface area contributed by atoms with Crippen molar-refractivity contribution in [1.29, 1.82) is 5.26 Å². The van der Waals surface area contributed by atoms with E-state index in [0.29, 0.717) is 33.3 Å². The minimum absolute atomic E-state index is 0.0557. The van der Waals surface area contributed by atoms with Crippen molar-refractivity contribution in [2.24, 2.45) is 0 Å². The second-order valence-electron chi connectivity index (χ2n) is 7.82. The number of rotatable bonds is 3. The first-order valence-corrected chi connectivity index (χ1v) is 9.71. The van der Waals surface area contributed by atoms with Crippen LogP contribution in [0, 0.1) is 11.3 Å². The number of pyridine rings is 1. The molecule has 2 aromatic heterocycles. The van der Waals surface area contributed by atoms with Crippen LogP contribution in [-0.4, -0.2) is 46.9 Å². The highest BCUT2D eigenvalue weighted by Crippen LogP contribution is 2.45. The molecule has 0 amide bonds. The Kier molecular flexibility index (Phi) is 4.26. The van der Waals surface area contributed by atoms with Crippen molar-refractivity contribution in [3.8, 4) is 6.07 Å². The summed E-state index contributed by atoms with van der Waals surface area (Å²) in [5.41, 5.74) is 2.31. The number of ether oxygens (including phenoxy) is 2. The van der Waals surface area contributed by atoms with Crippen LogP contribution in [0.15, 0.2) is 24.4 Å². The molecule has 0 bridgehead atoms. The monoisotopic (exact) mass is 398 g/mol. The molecule has 1 saturated carbocycles. The normalized spacial score (nSPS) is 26.3. The smallest absolute Gasteiger partial charge is 0.291 e. The standard InChI is InChI=1S/C21H20F2N4O2/c1-28-14-7-13(8-14)20-26-17-10-25-16-3-2-12(9-24)6-15(16)19(17)27(20)18-4-5-29-11-21(18,22)23/h2-3,6,10,13-14,18H,4-5,7-8,11H2,1H3/t13-,14+,18?. The van der Waals surface area contributed by atoms with Crippen molar-refractivity contribution in [3.05, 3.63) is 35.8 Å². The largest absolute Gasteiger partial charge is 0.381 e. The number of hydrogen-bond acceptors (Lipinski definition) is 5. The molecule has 0 spiro atoms. The van der Waals surface area contributed by atoms with E-state index in [1.807, 2.05) is 0 Å². The summed E-state index contributed by atoms with van der Waals surface area (Å²) in [6, 6.07) is 6.21. The van der Waals surface area contributed by atoms with Crippen LogP contribution >= 0.6 is 0 Å². The summed E-state index contributed by atoms with van der Waals surface area (Å²) in [6.07, 6.45) is 3.47. The number of nitrogens with zero attached hydrogens (tertiary/aromatic N) is 4. The number of benzene rings is 1. The molecule has 2 fully saturated rings. The lowest BCUT2D eigenvalue weighted by molar-refractivity contribution is -0.147. The Morgan fingerprint density at radius 2 is 2.14 bits per heavy atom. The van der Waals surface area contributed by atoms with Crippen LogP contribution in [0.1, 0.15) is 42.6 Å². The lowest BCUT2D eigenvalue weighted by Gasteiger charge is -2.38. The molecule has 5 rings (SSSR count). The van der Waals surface area contributed by atoms with E-state index in [1.54, 1.807) is 36.1 Å². The van der Waals surface area contributed by atoms with Crippen LogP contribution in [0.25, 0.3) is 21.9 Å². The summed E-state index contributed by atoms with van der Waals surface area (Å²) in [5.74, 6) is -2.30. The summed E-state index contributed by atoms with van der Waals surface area (Å²) in [4.78, 5) is 9.17. The maximum atomic E-state index is 14.9. The fourth-order valence-corrected chi connectivity index (χ4v) is 4.47. The highest BCUT2D eigenvalue weighted by atomic mass is 19.3. The van der Waals surface area contributed by atoms with E-state index >= 15 is 0 Å². The van der Waals surface area contributed by atoms with Crippen molar-refractivity contribution in [2.45, 2.75) is 43.2 Å². The van der Waals surface area contributed by atoms with Crippen LogP contribution in [0.3, 0.4) is 0 Å². The van der Waals surface area contributed by atoms with E-state index in [9.17, 15) is 14.0 Å². The van der Waals surface area contributed by atoms with Crippen LogP contribution in [0.4, 0.5) is 8.78 Å². The SMILES string of the molecule is CO[C@H]1C[C@@H](c2nc3cnc4ccc(C#N)cc4c3n2C2CCOCC2(F)F)C1. The maximum absolute atomic E-state index is 14.9. The zero-order valence-electron chi connectivity index (χ0n) is 15.9. The molecule has 0 radical (unpaired) electrons. The molecule has 6 nitrogen and oxygen atoms in total. The molecule has 1 aliphatic carbocycles. The number of nitriles is 1. The van der Waals surface area contributed by atoms with Gasteiger partial charge >= 0.3 is 0 Å². The minimum atomic E-state index is -3.01. The molecule has 2 aliphatic rings. The van der Waals surface area contributed by atoms with Crippen molar-refractivity contribution >= 4 is 21.9 Å². The number of methoxy groups -OCH3 is 1. The van der Waals surface area contributed by atoms with E-state index in [-0.39, 0.29) is 25.0 Å². The van der Waals surface area contributed by atoms with Gasteiger partial charge < -0.3 is 14.0 Å². The number of halogens is 2. The van der Waals surface area contributed by atoms with Gasteiger partial charge in [0.05, 0.1) is 35.0 Å². The number of hydrogen-bond donors (Lipinski definition) is 0. The van der Waals surface area contributed by atoms with Gasteiger partial charge in [-0.3, -0.25) is 4.98 Å². The number of aromatic nitrogens is 3. The van der Waals surface area contributed by atoms with E-state index < -0.39 is 18.6 Å². The van der Waals surface area contributed by atoms with Gasteiger partial charge in [-0.2, -0.15) is 5.26 Å². The van der Waals surface area contributed by atoms with Gasteiger partial charge in [0.15, 0.2) is 0 Å². The highest BCUT2D eigenvalue weighted by Gasteiger charge is 2.47. The predicted octanol–water partition coefficient (Wildman–Crippen LogP) is 3.95. The van der Waals surface area contributed by atoms with Crippen LogP contribution in [-0.2, 0) is 9.47 Å². The van der Waals surface area contributed by atoms with Gasteiger partial charge in [0.1, 0.15) is 24.0 Å². The van der Waals surface area contributed by atoms with Crippen LogP contribution in [0.5, 0.6) is 0 Å². The van der Waals surface area contributed by atoms with Gasteiger partial charge in [-0.25, -0.2) is 13.8 Å². The number of imidazole rings is 1. The Hall–Kier alpha value is -2.63. The van der Waals surface area contributed by atoms with Crippen molar-refractivity contribution < 1.29 is 18.3 Å². The maximum Gasteiger partial charge on any atom is 0.291 e. The molecule has 1 aliphatic heterocycles. The summed E-state index contributed by atoms with van der Waals surface area (Å²) in [6.45, 7) is -0.328. The third-order valence-electron chi connectivity index (χ3n) is 6.09. The van der Waals surface area contributed by atoms with Gasteiger partial charge in [-0.15, -0.1) is 0 Å². The Morgan fingerprint density at radius 3 is 2.86 bits per heavy atom. The molecule has 3 heterocycles. The Balaban J connectivity index is 1.78. The molecule has 1 atom stereocenters. The fraction of sp³-hybridized carbons (Fsp3) is 0.476. The molecule has 1 unspecified atom stereocenters. The Bertz CT molecular complexity index is 1130. The Morgan fingerprint density at radius 1 is 1.31 bits per heavy atom. The van der Waals surface area contributed by atoms with E-state index in [2.05, 4.69) is 11.1 Å². The molecule has 0 N–H and O–H groups in total. The van der Waals surface area contributed by atoms with Crippen LogP contribution < -0.4 is 0 Å². The number of fused-ring (bicyclic) bond motifs is 3. The quantitative estimate of drug-likeness (QED) is 0.668. The molecule has 150 valence electrons. The van der Waals surface area contributed by atoms with Crippen molar-refractivity contribution in [1.82, 2.24) is 14.5 Å². The zero-order valence-corrected chi connectivity index (χ0v) is 15.9. The average Bonchev–Trinajstić information content (AvgIpc) is 3.05.